The third kappa shape index (κ3) is 3.25. The Morgan fingerprint density at radius 3 is 2.75 bits per heavy atom. The Hall–Kier alpha value is -0.520. The topological polar surface area (TPSA) is 15.3 Å². The van der Waals surface area contributed by atoms with Gasteiger partial charge in [0, 0.05) is 12.6 Å². The van der Waals surface area contributed by atoms with E-state index in [-0.39, 0.29) is 0 Å². The second-order valence-electron chi connectivity index (χ2n) is 3.49. The van der Waals surface area contributed by atoms with Gasteiger partial charge in [0.05, 0.1) is 6.54 Å². The van der Waals surface area contributed by atoms with Crippen molar-refractivity contribution in [1.29, 1.82) is 0 Å². The number of nitrogens with zero attached hydrogens (tertiary/aromatic N) is 1. The van der Waals surface area contributed by atoms with Crippen LogP contribution in [0.4, 0.5) is 0 Å². The molecule has 12 heavy (non-hydrogen) atoms. The molecule has 0 aromatic rings. The highest BCUT2D eigenvalue weighted by Gasteiger charge is 2.13. The molecule has 2 heteroatoms. The van der Waals surface area contributed by atoms with Gasteiger partial charge in [-0.15, -0.1) is 6.42 Å². The van der Waals surface area contributed by atoms with Crippen molar-refractivity contribution in [2.75, 3.05) is 26.2 Å². The van der Waals surface area contributed by atoms with Crippen molar-refractivity contribution in [3.63, 3.8) is 0 Å². The molecule has 1 fully saturated rings. The second kappa shape index (κ2) is 5.18. The van der Waals surface area contributed by atoms with Crippen molar-refractivity contribution in [2.45, 2.75) is 25.8 Å². The molecule has 1 heterocycles. The van der Waals surface area contributed by atoms with Gasteiger partial charge in [0.2, 0.25) is 0 Å². The highest BCUT2D eigenvalue weighted by molar-refractivity contribution is 4.88. The highest BCUT2D eigenvalue weighted by atomic mass is 15.2. The summed E-state index contributed by atoms with van der Waals surface area (Å²) in [5, 5.41) is 3.28. The molecule has 0 aliphatic carbocycles. The first-order valence-electron chi connectivity index (χ1n) is 4.72. The Labute approximate surface area is 75.3 Å². The molecular weight excluding hydrogens is 148 g/mol. The van der Waals surface area contributed by atoms with Crippen molar-refractivity contribution in [3.8, 4) is 12.3 Å². The zero-order valence-corrected chi connectivity index (χ0v) is 7.84. The molecule has 1 atom stereocenters. The van der Waals surface area contributed by atoms with Gasteiger partial charge in [-0.1, -0.05) is 5.92 Å². The molecular formula is C10H18N2. The van der Waals surface area contributed by atoms with E-state index >= 15 is 0 Å². The molecule has 1 N–H and O–H groups in total. The van der Waals surface area contributed by atoms with Gasteiger partial charge in [0.1, 0.15) is 0 Å². The summed E-state index contributed by atoms with van der Waals surface area (Å²) < 4.78 is 0. The Morgan fingerprint density at radius 2 is 2.17 bits per heavy atom. The van der Waals surface area contributed by atoms with Crippen LogP contribution in [0.2, 0.25) is 0 Å². The molecule has 0 radical (unpaired) electrons. The summed E-state index contributed by atoms with van der Waals surface area (Å²) in [5.41, 5.74) is 0. The highest BCUT2D eigenvalue weighted by Crippen LogP contribution is 2.07. The number of hydrogen-bond donors (Lipinski definition) is 1. The summed E-state index contributed by atoms with van der Waals surface area (Å²) in [6.45, 7) is 6.55. The molecule has 0 spiro atoms. The van der Waals surface area contributed by atoms with E-state index in [0.29, 0.717) is 12.6 Å². The Kier molecular flexibility index (Phi) is 4.13. The van der Waals surface area contributed by atoms with Gasteiger partial charge in [-0.05, 0) is 32.9 Å². The molecule has 68 valence electrons. The van der Waals surface area contributed by atoms with Crippen LogP contribution in [0, 0.1) is 12.3 Å². The van der Waals surface area contributed by atoms with Crippen molar-refractivity contribution in [1.82, 2.24) is 10.2 Å². The van der Waals surface area contributed by atoms with E-state index in [1.807, 2.05) is 0 Å². The first-order valence-corrected chi connectivity index (χ1v) is 4.72. The van der Waals surface area contributed by atoms with Gasteiger partial charge in [0.15, 0.2) is 0 Å². The normalized spacial score (nSPS) is 20.7. The van der Waals surface area contributed by atoms with Gasteiger partial charge in [0.25, 0.3) is 0 Å². The lowest BCUT2D eigenvalue weighted by atomic mass is 10.3. The Balaban J connectivity index is 2.08. The quantitative estimate of drug-likeness (QED) is 0.618. The second-order valence-corrected chi connectivity index (χ2v) is 3.49. The van der Waals surface area contributed by atoms with Gasteiger partial charge in [-0.2, -0.15) is 0 Å². The van der Waals surface area contributed by atoms with Crippen molar-refractivity contribution >= 4 is 0 Å². The molecule has 0 bridgehead atoms. The van der Waals surface area contributed by atoms with Crippen LogP contribution >= 0.6 is 0 Å². The average Bonchev–Trinajstić information content (AvgIpc) is 2.53. The van der Waals surface area contributed by atoms with E-state index in [1.165, 1.54) is 25.9 Å². The van der Waals surface area contributed by atoms with Crippen LogP contribution in [0.5, 0.6) is 0 Å². The molecule has 0 amide bonds. The lowest BCUT2D eigenvalue weighted by Crippen LogP contribution is -2.37. The number of likely N-dealkylation sites (tertiary alicyclic amines) is 1. The van der Waals surface area contributed by atoms with Crippen LogP contribution in [0.15, 0.2) is 0 Å². The summed E-state index contributed by atoms with van der Waals surface area (Å²) in [5.74, 6) is 2.59. The molecule has 0 aromatic heterocycles. The molecule has 1 rings (SSSR count). The molecule has 1 unspecified atom stereocenters. The van der Waals surface area contributed by atoms with Crippen LogP contribution in [0.3, 0.4) is 0 Å². The van der Waals surface area contributed by atoms with E-state index in [2.05, 4.69) is 23.1 Å². The minimum absolute atomic E-state index is 0.527. The monoisotopic (exact) mass is 166 g/mol. The summed E-state index contributed by atoms with van der Waals surface area (Å²) >= 11 is 0. The molecule has 0 aromatic carbocycles. The SMILES string of the molecule is C#CCNC(C)CN1CCCC1. The lowest BCUT2D eigenvalue weighted by molar-refractivity contribution is 0.303. The van der Waals surface area contributed by atoms with Crippen LogP contribution < -0.4 is 5.32 Å². The number of rotatable bonds is 4. The van der Waals surface area contributed by atoms with Gasteiger partial charge < -0.3 is 10.2 Å². The van der Waals surface area contributed by atoms with Crippen LogP contribution in [0.25, 0.3) is 0 Å². The van der Waals surface area contributed by atoms with E-state index in [1.54, 1.807) is 0 Å². The van der Waals surface area contributed by atoms with Gasteiger partial charge in [-0.25, -0.2) is 0 Å². The van der Waals surface area contributed by atoms with Crippen molar-refractivity contribution in [2.24, 2.45) is 0 Å². The standard InChI is InChI=1S/C10H18N2/c1-3-6-11-10(2)9-12-7-4-5-8-12/h1,10-11H,4-9H2,2H3. The third-order valence-electron chi connectivity index (χ3n) is 2.28. The van der Waals surface area contributed by atoms with Crippen LogP contribution in [-0.4, -0.2) is 37.1 Å². The minimum atomic E-state index is 0.527. The number of hydrogen-bond acceptors (Lipinski definition) is 2. The predicted octanol–water partition coefficient (Wildman–Crippen LogP) is 0.694. The van der Waals surface area contributed by atoms with Crippen LogP contribution in [-0.2, 0) is 0 Å². The first kappa shape index (κ1) is 9.57. The van der Waals surface area contributed by atoms with Crippen molar-refractivity contribution < 1.29 is 0 Å². The van der Waals surface area contributed by atoms with Crippen LogP contribution in [0.1, 0.15) is 19.8 Å². The summed E-state index contributed by atoms with van der Waals surface area (Å²) in [4.78, 5) is 2.49. The van der Waals surface area contributed by atoms with E-state index in [4.69, 9.17) is 6.42 Å². The fourth-order valence-electron chi connectivity index (χ4n) is 1.65. The van der Waals surface area contributed by atoms with E-state index in [0.717, 1.165) is 6.54 Å². The zero-order valence-electron chi connectivity index (χ0n) is 7.84. The number of nitrogens with one attached hydrogen (secondary N) is 1. The fourth-order valence-corrected chi connectivity index (χ4v) is 1.65. The average molecular weight is 166 g/mol. The Morgan fingerprint density at radius 1 is 1.50 bits per heavy atom. The summed E-state index contributed by atoms with van der Waals surface area (Å²) in [6.07, 6.45) is 7.88. The lowest BCUT2D eigenvalue weighted by Gasteiger charge is -2.20. The molecule has 1 saturated heterocycles. The minimum Gasteiger partial charge on any atom is -0.302 e. The maximum Gasteiger partial charge on any atom is 0.0576 e. The number of terminal acetylenes is 1. The fraction of sp³-hybridized carbons (Fsp3) is 0.800. The third-order valence-corrected chi connectivity index (χ3v) is 2.28. The summed E-state index contributed by atoms with van der Waals surface area (Å²) in [6, 6.07) is 0.527. The Bertz CT molecular complexity index is 154. The van der Waals surface area contributed by atoms with E-state index < -0.39 is 0 Å². The first-order chi connectivity index (χ1) is 5.83. The van der Waals surface area contributed by atoms with E-state index in [9.17, 15) is 0 Å². The largest absolute Gasteiger partial charge is 0.302 e. The molecule has 1 aliphatic heterocycles. The maximum absolute atomic E-state index is 5.16. The maximum atomic E-state index is 5.16. The zero-order chi connectivity index (χ0) is 8.81. The van der Waals surface area contributed by atoms with Gasteiger partial charge >= 0.3 is 0 Å². The molecule has 1 aliphatic rings. The predicted molar refractivity (Wildman–Crippen MR) is 52.0 cm³/mol. The van der Waals surface area contributed by atoms with Gasteiger partial charge in [-0.3, -0.25) is 0 Å². The molecule has 2 nitrogen and oxygen atoms in total. The van der Waals surface area contributed by atoms with Crippen molar-refractivity contribution in [3.05, 3.63) is 0 Å². The smallest absolute Gasteiger partial charge is 0.0576 e. The summed E-state index contributed by atoms with van der Waals surface area (Å²) in [7, 11) is 0. The molecule has 0 saturated carbocycles.